The minimum absolute atomic E-state index is 0.101. The second-order valence-corrected chi connectivity index (χ2v) is 3.21. The van der Waals surface area contributed by atoms with Crippen LogP contribution in [-0.2, 0) is 0 Å². The third-order valence-corrected chi connectivity index (χ3v) is 2.21. The lowest BCUT2D eigenvalue weighted by molar-refractivity contribution is 0.187. The van der Waals surface area contributed by atoms with Crippen molar-refractivity contribution in [1.82, 2.24) is 0 Å². The number of nitrogens with two attached hydrogens (primary N) is 2. The van der Waals surface area contributed by atoms with Crippen LogP contribution in [-0.4, -0.2) is 24.7 Å². The number of nitrogens with zero attached hydrogens (tertiary/aromatic N) is 1. The molecule has 0 aliphatic rings. The van der Waals surface area contributed by atoms with Gasteiger partial charge >= 0.3 is 6.03 Å². The molecule has 1 aromatic carbocycles. The number of aliphatic hydroxyl groups is 1. The van der Waals surface area contributed by atoms with Gasteiger partial charge in [0.2, 0.25) is 0 Å². The molecular formula is C10H15N3O2. The van der Waals surface area contributed by atoms with Crippen LogP contribution in [0.25, 0.3) is 0 Å². The lowest BCUT2D eigenvalue weighted by Gasteiger charge is -2.20. The first-order chi connectivity index (χ1) is 7.07. The average molecular weight is 209 g/mol. The number of amides is 2. The molecule has 1 rings (SSSR count). The summed E-state index contributed by atoms with van der Waals surface area (Å²) in [4.78, 5) is 12.3. The van der Waals surface area contributed by atoms with Crippen molar-refractivity contribution >= 4 is 11.7 Å². The van der Waals surface area contributed by atoms with Crippen LogP contribution in [0.5, 0.6) is 0 Å². The number of rotatable bonds is 3. The Morgan fingerprint density at radius 2 is 2.13 bits per heavy atom. The van der Waals surface area contributed by atoms with Gasteiger partial charge in [-0.15, -0.1) is 0 Å². The fourth-order valence-electron chi connectivity index (χ4n) is 1.32. The first kappa shape index (κ1) is 11.5. The number of para-hydroxylation sites is 1. The van der Waals surface area contributed by atoms with Gasteiger partial charge < -0.3 is 16.6 Å². The normalized spacial score (nSPS) is 12.2. The molecule has 0 aliphatic heterocycles. The second kappa shape index (κ2) is 4.77. The van der Waals surface area contributed by atoms with Crippen LogP contribution in [0, 0.1) is 0 Å². The monoisotopic (exact) mass is 209 g/mol. The predicted octanol–water partition coefficient (Wildman–Crippen LogP) is 0.194. The quantitative estimate of drug-likeness (QED) is 0.663. The van der Waals surface area contributed by atoms with E-state index >= 15 is 0 Å². The molecule has 2 amide bonds. The van der Waals surface area contributed by atoms with E-state index in [2.05, 4.69) is 0 Å². The second-order valence-electron chi connectivity index (χ2n) is 3.21. The summed E-state index contributed by atoms with van der Waals surface area (Å²) < 4.78 is 0. The van der Waals surface area contributed by atoms with E-state index in [-0.39, 0.29) is 6.54 Å². The number of carbonyl (C=O) groups is 1. The minimum atomic E-state index is -0.789. The van der Waals surface area contributed by atoms with E-state index in [1.807, 2.05) is 0 Å². The number of benzene rings is 1. The van der Waals surface area contributed by atoms with Gasteiger partial charge in [0.1, 0.15) is 0 Å². The Balaban J connectivity index is 3.11. The van der Waals surface area contributed by atoms with Gasteiger partial charge in [-0.25, -0.2) is 4.79 Å². The summed E-state index contributed by atoms with van der Waals surface area (Å²) in [6.07, 6.45) is -0.789. The molecule has 0 saturated heterocycles. The van der Waals surface area contributed by atoms with Crippen molar-refractivity contribution in [3.63, 3.8) is 0 Å². The molecule has 0 fully saturated rings. The van der Waals surface area contributed by atoms with E-state index in [1.165, 1.54) is 4.90 Å². The summed E-state index contributed by atoms with van der Waals surface area (Å²) in [6.45, 7) is 0.101. The van der Waals surface area contributed by atoms with Gasteiger partial charge in [-0.1, -0.05) is 18.2 Å². The summed E-state index contributed by atoms with van der Waals surface area (Å²) in [5, 5.41) is 9.64. The SMILES string of the molecule is CN(C(N)=O)c1ccccc1C(O)CN. The van der Waals surface area contributed by atoms with Crippen molar-refractivity contribution in [1.29, 1.82) is 0 Å². The molecule has 5 nitrogen and oxygen atoms in total. The molecule has 82 valence electrons. The van der Waals surface area contributed by atoms with Crippen molar-refractivity contribution in [3.05, 3.63) is 29.8 Å². The summed E-state index contributed by atoms with van der Waals surface area (Å²) in [7, 11) is 1.55. The van der Waals surface area contributed by atoms with Gasteiger partial charge in [0.25, 0.3) is 0 Å². The van der Waals surface area contributed by atoms with Crippen molar-refractivity contribution in [3.8, 4) is 0 Å². The van der Waals surface area contributed by atoms with Crippen molar-refractivity contribution in [2.75, 3.05) is 18.5 Å². The van der Waals surface area contributed by atoms with Gasteiger partial charge in [-0.05, 0) is 6.07 Å². The fraction of sp³-hybridized carbons (Fsp3) is 0.300. The Morgan fingerprint density at radius 3 is 2.67 bits per heavy atom. The number of hydrogen-bond acceptors (Lipinski definition) is 3. The Labute approximate surface area is 88.3 Å². The van der Waals surface area contributed by atoms with E-state index in [1.54, 1.807) is 31.3 Å². The number of anilines is 1. The summed E-state index contributed by atoms with van der Waals surface area (Å²) >= 11 is 0. The highest BCUT2D eigenvalue weighted by Crippen LogP contribution is 2.24. The molecule has 5 heteroatoms. The van der Waals surface area contributed by atoms with E-state index in [9.17, 15) is 9.90 Å². The smallest absolute Gasteiger partial charge is 0.319 e. The molecule has 0 spiro atoms. The molecule has 1 unspecified atom stereocenters. The van der Waals surface area contributed by atoms with Crippen LogP contribution in [0.4, 0.5) is 10.5 Å². The van der Waals surface area contributed by atoms with Gasteiger partial charge in [0.15, 0.2) is 0 Å². The maximum absolute atomic E-state index is 11.0. The standard InChI is InChI=1S/C10H15N3O2/c1-13(10(12)15)8-5-3-2-4-7(8)9(14)6-11/h2-5,9,14H,6,11H2,1H3,(H2,12,15). The Bertz CT molecular complexity index is 354. The average Bonchev–Trinajstić information content (AvgIpc) is 2.27. The maximum Gasteiger partial charge on any atom is 0.319 e. The Hall–Kier alpha value is -1.59. The van der Waals surface area contributed by atoms with E-state index < -0.39 is 12.1 Å². The first-order valence-electron chi connectivity index (χ1n) is 4.58. The Kier molecular flexibility index (Phi) is 3.65. The highest BCUT2D eigenvalue weighted by atomic mass is 16.3. The highest BCUT2D eigenvalue weighted by Gasteiger charge is 2.15. The van der Waals surface area contributed by atoms with Crippen molar-refractivity contribution in [2.24, 2.45) is 11.5 Å². The van der Waals surface area contributed by atoms with E-state index in [0.717, 1.165) is 0 Å². The fourth-order valence-corrected chi connectivity index (χ4v) is 1.32. The minimum Gasteiger partial charge on any atom is -0.387 e. The summed E-state index contributed by atoms with van der Waals surface area (Å²) in [5.41, 5.74) is 11.7. The number of aliphatic hydroxyl groups excluding tert-OH is 1. The third-order valence-electron chi connectivity index (χ3n) is 2.21. The lowest BCUT2D eigenvalue weighted by Crippen LogP contribution is -2.33. The molecule has 0 bridgehead atoms. The molecule has 0 radical (unpaired) electrons. The van der Waals surface area contributed by atoms with Crippen molar-refractivity contribution < 1.29 is 9.90 Å². The number of primary amides is 1. The number of carbonyl (C=O) groups excluding carboxylic acids is 1. The predicted molar refractivity (Wildman–Crippen MR) is 58.4 cm³/mol. The zero-order valence-corrected chi connectivity index (χ0v) is 8.55. The third kappa shape index (κ3) is 2.45. The largest absolute Gasteiger partial charge is 0.387 e. The zero-order chi connectivity index (χ0) is 11.4. The number of hydrogen-bond donors (Lipinski definition) is 3. The van der Waals surface area contributed by atoms with Crippen LogP contribution >= 0.6 is 0 Å². The van der Waals surface area contributed by atoms with Gasteiger partial charge in [-0.2, -0.15) is 0 Å². The van der Waals surface area contributed by atoms with Crippen LogP contribution < -0.4 is 16.4 Å². The van der Waals surface area contributed by atoms with Crippen molar-refractivity contribution in [2.45, 2.75) is 6.10 Å². The molecule has 0 heterocycles. The van der Waals surface area contributed by atoms with Crippen LogP contribution in [0.2, 0.25) is 0 Å². The van der Waals surface area contributed by atoms with Crippen LogP contribution in [0.1, 0.15) is 11.7 Å². The molecule has 1 atom stereocenters. The molecule has 1 aromatic rings. The lowest BCUT2D eigenvalue weighted by atomic mass is 10.1. The topological polar surface area (TPSA) is 92.6 Å². The highest BCUT2D eigenvalue weighted by molar-refractivity contribution is 5.91. The van der Waals surface area contributed by atoms with E-state index in [0.29, 0.717) is 11.3 Å². The first-order valence-corrected chi connectivity index (χ1v) is 4.58. The summed E-state index contributed by atoms with van der Waals surface area (Å²) in [6, 6.07) is 6.38. The molecular weight excluding hydrogens is 194 g/mol. The maximum atomic E-state index is 11.0. The molecule has 0 saturated carbocycles. The molecule has 0 aliphatic carbocycles. The molecule has 5 N–H and O–H groups in total. The Morgan fingerprint density at radius 1 is 1.53 bits per heavy atom. The van der Waals surface area contributed by atoms with Crippen LogP contribution in [0.3, 0.4) is 0 Å². The van der Waals surface area contributed by atoms with Gasteiger partial charge in [0.05, 0.1) is 11.8 Å². The summed E-state index contributed by atoms with van der Waals surface area (Å²) in [5.74, 6) is 0. The zero-order valence-electron chi connectivity index (χ0n) is 8.55. The van der Waals surface area contributed by atoms with Gasteiger partial charge in [0, 0.05) is 19.2 Å². The van der Waals surface area contributed by atoms with Gasteiger partial charge in [-0.3, -0.25) is 4.90 Å². The van der Waals surface area contributed by atoms with E-state index in [4.69, 9.17) is 11.5 Å². The molecule has 0 aromatic heterocycles. The van der Waals surface area contributed by atoms with Crippen LogP contribution in [0.15, 0.2) is 24.3 Å². The molecule has 15 heavy (non-hydrogen) atoms. The number of urea groups is 1.